The number of nitrogens with two attached hydrogens (primary N) is 1. The van der Waals surface area contributed by atoms with Crippen molar-refractivity contribution in [3.8, 4) is 5.75 Å². The third kappa shape index (κ3) is 8.48. The van der Waals surface area contributed by atoms with Gasteiger partial charge >= 0.3 is 0 Å². The second-order valence-electron chi connectivity index (χ2n) is 11.5. The number of rotatable bonds is 6. The van der Waals surface area contributed by atoms with Crippen LogP contribution in [0.1, 0.15) is 73.7 Å². The number of nitrogens with one attached hydrogen (secondary N) is 3. The molecule has 1 aliphatic heterocycles. The van der Waals surface area contributed by atoms with E-state index in [1.807, 2.05) is 44.2 Å². The lowest BCUT2D eigenvalue weighted by Crippen LogP contribution is -2.45. The predicted octanol–water partition coefficient (Wildman–Crippen LogP) is 2.20. The average molecular weight is 710 g/mol. The first-order valence-electron chi connectivity index (χ1n) is 15.2. The van der Waals surface area contributed by atoms with Gasteiger partial charge in [0.25, 0.3) is 17.7 Å². The number of hydrogen-bond acceptors (Lipinski definition) is 11. The normalized spacial score (nSPS) is 17.8. The van der Waals surface area contributed by atoms with Crippen molar-refractivity contribution in [2.45, 2.75) is 37.2 Å². The van der Waals surface area contributed by atoms with Gasteiger partial charge in [0.2, 0.25) is 21.8 Å². The molecule has 17 heteroatoms. The Morgan fingerprint density at radius 3 is 2.53 bits per heavy atom. The molecule has 4 bridgehead atoms. The highest BCUT2D eigenvalue weighted by molar-refractivity contribution is 7.89. The number of oxazole rings is 1. The zero-order chi connectivity index (χ0) is 35.3. The van der Waals surface area contributed by atoms with E-state index in [2.05, 4.69) is 25.9 Å². The Kier molecular flexibility index (Phi) is 10.7. The fourth-order valence-corrected chi connectivity index (χ4v) is 6.68. The number of methoxy groups -OCH3 is 1. The van der Waals surface area contributed by atoms with E-state index in [9.17, 15) is 27.6 Å². The molecule has 0 saturated heterocycles. The average Bonchev–Trinajstić information content (AvgIpc) is 3.76. The van der Waals surface area contributed by atoms with E-state index < -0.39 is 52.3 Å². The summed E-state index contributed by atoms with van der Waals surface area (Å²) in [5, 5.41) is 15.8. The van der Waals surface area contributed by atoms with Gasteiger partial charge in [-0.05, 0) is 29.7 Å². The van der Waals surface area contributed by atoms with E-state index in [-0.39, 0.29) is 52.5 Å². The molecule has 2 atom stereocenters. The van der Waals surface area contributed by atoms with Gasteiger partial charge < -0.3 is 30.0 Å². The summed E-state index contributed by atoms with van der Waals surface area (Å²) in [6.45, 7) is 2.98. The smallest absolute Gasteiger partial charge is 0.273 e. The van der Waals surface area contributed by atoms with Crippen LogP contribution in [0, 0.1) is 5.92 Å². The Hall–Kier alpha value is -5.13. The van der Waals surface area contributed by atoms with E-state index in [1.165, 1.54) is 30.6 Å². The van der Waals surface area contributed by atoms with Crippen LogP contribution in [-0.4, -0.2) is 73.7 Å². The molecule has 2 aromatic carbocycles. The van der Waals surface area contributed by atoms with Crippen LogP contribution in [0.3, 0.4) is 0 Å². The van der Waals surface area contributed by atoms with Crippen LogP contribution < -0.4 is 25.8 Å². The summed E-state index contributed by atoms with van der Waals surface area (Å²) >= 11 is 1.19. The van der Waals surface area contributed by atoms with Gasteiger partial charge in [0.1, 0.15) is 28.8 Å². The van der Waals surface area contributed by atoms with E-state index >= 15 is 0 Å². The Morgan fingerprint density at radius 2 is 1.84 bits per heavy atom. The Bertz CT molecular complexity index is 1960. The molecule has 258 valence electrons. The molecule has 5 N–H and O–H groups in total. The number of thiazole rings is 1. The number of primary sulfonamides is 1. The molecule has 2 aromatic heterocycles. The monoisotopic (exact) mass is 709 g/mol. The highest BCUT2D eigenvalue weighted by Gasteiger charge is 2.29. The van der Waals surface area contributed by atoms with Gasteiger partial charge in [0, 0.05) is 24.9 Å². The largest absolute Gasteiger partial charge is 0.496 e. The van der Waals surface area contributed by atoms with Crippen LogP contribution in [0.4, 0.5) is 0 Å². The molecule has 0 aliphatic carbocycles. The number of sulfonamides is 1. The fraction of sp³-hybridized carbons (Fsp3) is 0.312. The minimum absolute atomic E-state index is 0.0510. The van der Waals surface area contributed by atoms with Gasteiger partial charge in [-0.3, -0.25) is 19.2 Å². The number of benzene rings is 2. The van der Waals surface area contributed by atoms with Crippen LogP contribution in [0.5, 0.6) is 5.75 Å². The Balaban J connectivity index is 1.50. The Morgan fingerprint density at radius 1 is 1.08 bits per heavy atom. The number of aromatic nitrogens is 2. The maximum Gasteiger partial charge on any atom is 0.273 e. The lowest BCUT2D eigenvalue weighted by Gasteiger charge is -2.26. The molecule has 3 heterocycles. The summed E-state index contributed by atoms with van der Waals surface area (Å²) in [4.78, 5) is 63.6. The van der Waals surface area contributed by atoms with Crippen molar-refractivity contribution in [3.63, 3.8) is 0 Å². The van der Waals surface area contributed by atoms with Crippen LogP contribution in [-0.2, 0) is 21.2 Å². The third-order valence-electron chi connectivity index (χ3n) is 7.66. The zero-order valence-electron chi connectivity index (χ0n) is 26.8. The predicted molar refractivity (Wildman–Crippen MR) is 177 cm³/mol. The van der Waals surface area contributed by atoms with E-state index in [4.69, 9.17) is 14.3 Å². The molecule has 0 unspecified atom stereocenters. The van der Waals surface area contributed by atoms with Crippen molar-refractivity contribution < 1.29 is 36.7 Å². The summed E-state index contributed by atoms with van der Waals surface area (Å²) in [5.41, 5.74) is 0.771. The minimum atomic E-state index is -4.18. The summed E-state index contributed by atoms with van der Waals surface area (Å²) in [5.74, 6) is -2.46. The number of hydrogen-bond donors (Lipinski definition) is 4. The molecule has 0 radical (unpaired) electrons. The van der Waals surface area contributed by atoms with Crippen molar-refractivity contribution in [2.24, 2.45) is 11.1 Å². The first-order valence-corrected chi connectivity index (χ1v) is 17.6. The number of fused-ring (bicyclic) bond motifs is 4. The summed E-state index contributed by atoms with van der Waals surface area (Å²) in [6, 6.07) is 11.5. The van der Waals surface area contributed by atoms with Crippen molar-refractivity contribution in [3.05, 3.63) is 93.6 Å². The molecule has 0 spiro atoms. The molecular formula is C32H35N7O8S2. The third-order valence-corrected chi connectivity index (χ3v) is 9.50. The van der Waals surface area contributed by atoms with Crippen LogP contribution in [0.2, 0.25) is 0 Å². The first-order chi connectivity index (χ1) is 23.3. The molecular weight excluding hydrogens is 675 g/mol. The van der Waals surface area contributed by atoms with Crippen molar-refractivity contribution in [1.82, 2.24) is 30.8 Å². The van der Waals surface area contributed by atoms with Gasteiger partial charge in [-0.25, -0.2) is 23.5 Å². The zero-order valence-corrected chi connectivity index (χ0v) is 28.5. The molecule has 0 fully saturated rings. The maximum absolute atomic E-state index is 13.9. The number of ether oxygens (including phenoxy) is 1. The minimum Gasteiger partial charge on any atom is -0.496 e. The number of carbonyl (C=O) groups excluding carboxylic acids is 4. The van der Waals surface area contributed by atoms with E-state index in [0.717, 1.165) is 22.8 Å². The summed E-state index contributed by atoms with van der Waals surface area (Å²) in [7, 11) is -2.87. The lowest BCUT2D eigenvalue weighted by atomic mass is 10.0. The van der Waals surface area contributed by atoms with E-state index in [1.54, 1.807) is 5.38 Å². The molecule has 0 saturated carbocycles. The molecule has 4 aromatic rings. The quantitative estimate of drug-likeness (QED) is 0.229. The van der Waals surface area contributed by atoms with Gasteiger partial charge in [-0.2, -0.15) is 0 Å². The van der Waals surface area contributed by atoms with Gasteiger partial charge in [0.15, 0.2) is 5.69 Å². The van der Waals surface area contributed by atoms with Crippen LogP contribution in [0.25, 0.3) is 0 Å². The number of carbonyl (C=O) groups is 4. The van der Waals surface area contributed by atoms with Gasteiger partial charge in [0.05, 0.1) is 30.2 Å². The highest BCUT2D eigenvalue weighted by atomic mass is 32.2. The fourth-order valence-electron chi connectivity index (χ4n) is 5.12. The van der Waals surface area contributed by atoms with Crippen molar-refractivity contribution in [2.75, 3.05) is 26.7 Å². The highest BCUT2D eigenvalue weighted by Crippen LogP contribution is 2.27. The molecule has 1 aliphatic rings. The summed E-state index contributed by atoms with van der Waals surface area (Å²) in [6.07, 6.45) is 1.47. The first kappa shape index (κ1) is 35.2. The summed E-state index contributed by atoms with van der Waals surface area (Å²) < 4.78 is 35.1. The standard InChI is InChI=1S/C32H35N7O8S2/c1-18(2)27-31-37-24(17-48-31)29(42)35-22(13-19-7-5-4-6-8-19)30-36-23(16-47-30)28(41)34-11-12-39(15-26(40)38-27)32(43)21-14-20(49(33,44)45)9-10-25(21)46-3/h4-10,14,16-18,22,27H,11-13,15H2,1-3H3,(H,34,41)(H,35,42)(H,38,40)(H2,33,44,45)/t22-,27-/m0/s1. The van der Waals surface area contributed by atoms with Crippen molar-refractivity contribution in [1.29, 1.82) is 0 Å². The van der Waals surface area contributed by atoms with E-state index in [0.29, 0.717) is 11.4 Å². The lowest BCUT2D eigenvalue weighted by molar-refractivity contribution is -0.122. The van der Waals surface area contributed by atoms with Gasteiger partial charge in [-0.15, -0.1) is 11.3 Å². The van der Waals surface area contributed by atoms with Crippen LogP contribution >= 0.6 is 11.3 Å². The topological polar surface area (TPSA) is 216 Å². The number of amides is 4. The molecule has 49 heavy (non-hydrogen) atoms. The second kappa shape index (κ2) is 15.0. The van der Waals surface area contributed by atoms with Gasteiger partial charge in [-0.1, -0.05) is 44.2 Å². The molecule has 15 nitrogen and oxygen atoms in total. The van der Waals surface area contributed by atoms with Crippen molar-refractivity contribution >= 4 is 45.0 Å². The molecule has 4 amide bonds. The molecule has 5 rings (SSSR count). The number of nitrogens with zero attached hydrogens (tertiary/aromatic N) is 3. The SMILES string of the molecule is COc1ccc(S(N)(=O)=O)cc1C(=O)N1CCNC(=O)c2coc(n2)[C@H](Cc2ccccc2)NC(=O)c2csc(n2)[C@H](C(C)C)NC(=O)C1. The second-order valence-corrected chi connectivity index (χ2v) is 14.0. The Labute approximate surface area is 286 Å². The maximum atomic E-state index is 13.9. The van der Waals surface area contributed by atoms with Crippen LogP contribution in [0.15, 0.2) is 69.5 Å².